The summed E-state index contributed by atoms with van der Waals surface area (Å²) in [4.78, 5) is 10.7. The summed E-state index contributed by atoms with van der Waals surface area (Å²) in [6, 6.07) is 0. The molecule has 0 aliphatic heterocycles. The number of hydrogen-bond donors (Lipinski definition) is 2. The second kappa shape index (κ2) is 16.5. The van der Waals surface area contributed by atoms with Crippen LogP contribution in [-0.2, 0) is 9.53 Å². The molecule has 0 saturated carbocycles. The molecule has 0 aliphatic carbocycles. The van der Waals surface area contributed by atoms with Gasteiger partial charge in [0, 0.05) is 11.5 Å². The fourth-order valence-corrected chi connectivity index (χ4v) is 1.52. The molecule has 0 aromatic rings. The summed E-state index contributed by atoms with van der Waals surface area (Å²) < 4.78 is 4.88. The molecule has 0 spiro atoms. The number of carbonyl (C=O) groups excluding carboxylic acids is 1. The van der Waals surface area contributed by atoms with Crippen LogP contribution in [0.4, 0.5) is 0 Å². The molecular weight excluding hydrogens is 280 g/mol. The van der Waals surface area contributed by atoms with E-state index in [1.165, 1.54) is 44.6 Å². The molecular formula is C18H36O4. The lowest BCUT2D eigenvalue weighted by Crippen LogP contribution is -2.20. The van der Waals surface area contributed by atoms with Gasteiger partial charge in [-0.05, 0) is 6.42 Å². The number of aliphatic hydroxyl groups excluding tert-OH is 2. The first-order valence-electron chi connectivity index (χ1n) is 8.44. The molecule has 132 valence electrons. The Bertz CT molecular complexity index is 256. The molecule has 0 heterocycles. The van der Waals surface area contributed by atoms with Crippen LogP contribution in [0.1, 0.15) is 72.1 Å². The Morgan fingerprint density at radius 3 is 1.82 bits per heavy atom. The van der Waals surface area contributed by atoms with Gasteiger partial charge in [-0.1, -0.05) is 72.3 Å². The molecule has 0 aliphatic rings. The summed E-state index contributed by atoms with van der Waals surface area (Å²) >= 11 is 0. The molecule has 0 aromatic carbocycles. The summed E-state index contributed by atoms with van der Waals surface area (Å²) in [6.45, 7) is 9.80. The monoisotopic (exact) mass is 316 g/mol. The first kappa shape index (κ1) is 23.4. The van der Waals surface area contributed by atoms with Gasteiger partial charge in [-0.15, -0.1) is 0 Å². The Hall–Kier alpha value is -0.870. The zero-order valence-corrected chi connectivity index (χ0v) is 14.8. The number of ether oxygens (including phenoxy) is 1. The molecule has 0 saturated heterocycles. The molecule has 0 bridgehead atoms. The number of hydrogen-bond acceptors (Lipinski definition) is 4. The maximum absolute atomic E-state index is 10.7. The van der Waals surface area contributed by atoms with E-state index in [2.05, 4.69) is 13.5 Å². The number of aliphatic hydroxyl groups is 2. The number of unbranched alkanes of at least 4 members (excludes halogenated alkanes) is 7. The van der Waals surface area contributed by atoms with Crippen LogP contribution in [-0.4, -0.2) is 36.0 Å². The van der Waals surface area contributed by atoms with E-state index < -0.39 is 0 Å². The van der Waals surface area contributed by atoms with Crippen LogP contribution in [0.3, 0.4) is 0 Å². The van der Waals surface area contributed by atoms with Crippen LogP contribution in [0.25, 0.3) is 0 Å². The number of rotatable bonds is 12. The van der Waals surface area contributed by atoms with Crippen molar-refractivity contribution >= 4 is 5.97 Å². The van der Waals surface area contributed by atoms with Crippen molar-refractivity contribution in [1.29, 1.82) is 0 Å². The fourth-order valence-electron chi connectivity index (χ4n) is 1.52. The molecule has 2 N–H and O–H groups in total. The average molecular weight is 316 g/mol. The van der Waals surface area contributed by atoms with Gasteiger partial charge in [0.05, 0.1) is 19.8 Å². The Labute approximate surface area is 136 Å². The summed E-state index contributed by atoms with van der Waals surface area (Å²) in [7, 11) is 0. The average Bonchev–Trinajstić information content (AvgIpc) is 2.53. The zero-order valence-electron chi connectivity index (χ0n) is 14.8. The van der Waals surface area contributed by atoms with Crippen LogP contribution in [0.2, 0.25) is 0 Å². The van der Waals surface area contributed by atoms with Crippen molar-refractivity contribution < 1.29 is 19.7 Å². The minimum absolute atomic E-state index is 0.0451. The molecule has 22 heavy (non-hydrogen) atoms. The largest absolute Gasteiger partial charge is 0.463 e. The van der Waals surface area contributed by atoms with E-state index in [0.717, 1.165) is 12.8 Å². The molecule has 4 heteroatoms. The predicted octanol–water partition coefficient (Wildman–Crippen LogP) is 3.85. The minimum atomic E-state index is -0.307. The quantitative estimate of drug-likeness (QED) is 0.326. The van der Waals surface area contributed by atoms with Crippen molar-refractivity contribution in [1.82, 2.24) is 0 Å². The SMILES string of the molecule is C=CC(=O)OCCCCCCCCCC.CC(C)(CO)CO. The molecule has 0 aromatic heterocycles. The maximum Gasteiger partial charge on any atom is 0.330 e. The van der Waals surface area contributed by atoms with E-state index in [-0.39, 0.29) is 24.6 Å². The third-order valence-electron chi connectivity index (χ3n) is 3.26. The summed E-state index contributed by atoms with van der Waals surface area (Å²) in [5, 5.41) is 16.9. The van der Waals surface area contributed by atoms with E-state index in [0.29, 0.717) is 6.61 Å². The van der Waals surface area contributed by atoms with Gasteiger partial charge in [0.25, 0.3) is 0 Å². The summed E-state index contributed by atoms with van der Waals surface area (Å²) in [6.07, 6.45) is 11.3. The van der Waals surface area contributed by atoms with E-state index >= 15 is 0 Å². The zero-order chi connectivity index (χ0) is 17.3. The third-order valence-corrected chi connectivity index (χ3v) is 3.26. The standard InChI is InChI=1S/C13H24O2.C5H12O2/c1-3-5-6-7-8-9-10-11-12-15-13(14)4-2;1-5(2,3-6)4-7/h4H,2-3,5-12H2,1H3;6-7H,3-4H2,1-2H3. The molecule has 0 unspecified atom stereocenters. The highest BCUT2D eigenvalue weighted by atomic mass is 16.5. The number of esters is 1. The highest BCUT2D eigenvalue weighted by Crippen LogP contribution is 2.10. The summed E-state index contributed by atoms with van der Waals surface area (Å²) in [5.41, 5.74) is -0.306. The van der Waals surface area contributed by atoms with E-state index in [1.807, 2.05) is 0 Å². The lowest BCUT2D eigenvalue weighted by Gasteiger charge is -2.16. The van der Waals surface area contributed by atoms with Crippen LogP contribution in [0.5, 0.6) is 0 Å². The van der Waals surface area contributed by atoms with Crippen LogP contribution in [0.15, 0.2) is 12.7 Å². The third kappa shape index (κ3) is 19.1. The van der Waals surface area contributed by atoms with Gasteiger partial charge < -0.3 is 14.9 Å². The van der Waals surface area contributed by atoms with Gasteiger partial charge in [0.15, 0.2) is 0 Å². The lowest BCUT2D eigenvalue weighted by atomic mass is 9.97. The van der Waals surface area contributed by atoms with Crippen LogP contribution < -0.4 is 0 Å². The van der Waals surface area contributed by atoms with Gasteiger partial charge in [-0.3, -0.25) is 0 Å². The first-order valence-corrected chi connectivity index (χ1v) is 8.44. The van der Waals surface area contributed by atoms with Crippen molar-refractivity contribution in [3.63, 3.8) is 0 Å². The van der Waals surface area contributed by atoms with Crippen molar-refractivity contribution in [3.8, 4) is 0 Å². The van der Waals surface area contributed by atoms with Crippen LogP contribution in [0, 0.1) is 5.41 Å². The predicted molar refractivity (Wildman–Crippen MR) is 91.7 cm³/mol. The topological polar surface area (TPSA) is 66.8 Å². The molecule has 0 rings (SSSR count). The van der Waals surface area contributed by atoms with Crippen molar-refractivity contribution in [2.24, 2.45) is 5.41 Å². The van der Waals surface area contributed by atoms with Crippen molar-refractivity contribution in [2.45, 2.75) is 72.1 Å². The highest BCUT2D eigenvalue weighted by molar-refractivity contribution is 5.81. The maximum atomic E-state index is 10.7. The lowest BCUT2D eigenvalue weighted by molar-refractivity contribution is -0.137. The molecule has 0 amide bonds. The van der Waals surface area contributed by atoms with Gasteiger partial charge in [0.1, 0.15) is 0 Å². The molecule has 0 atom stereocenters. The van der Waals surface area contributed by atoms with Gasteiger partial charge in [-0.2, -0.15) is 0 Å². The van der Waals surface area contributed by atoms with E-state index in [4.69, 9.17) is 14.9 Å². The molecule has 4 nitrogen and oxygen atoms in total. The Kier molecular flexibility index (Phi) is 17.5. The van der Waals surface area contributed by atoms with Crippen molar-refractivity contribution in [2.75, 3.05) is 19.8 Å². The smallest absolute Gasteiger partial charge is 0.330 e. The van der Waals surface area contributed by atoms with Crippen LogP contribution >= 0.6 is 0 Å². The van der Waals surface area contributed by atoms with Gasteiger partial charge >= 0.3 is 5.97 Å². The first-order chi connectivity index (χ1) is 10.4. The minimum Gasteiger partial charge on any atom is -0.463 e. The Morgan fingerprint density at radius 1 is 1.00 bits per heavy atom. The molecule has 0 radical (unpaired) electrons. The summed E-state index contributed by atoms with van der Waals surface area (Å²) in [5.74, 6) is -0.307. The van der Waals surface area contributed by atoms with E-state index in [9.17, 15) is 4.79 Å². The normalized spacial score (nSPS) is 10.6. The second-order valence-corrected chi connectivity index (χ2v) is 6.33. The van der Waals surface area contributed by atoms with Crippen molar-refractivity contribution in [3.05, 3.63) is 12.7 Å². The Morgan fingerprint density at radius 2 is 1.45 bits per heavy atom. The fraction of sp³-hybridized carbons (Fsp3) is 0.833. The van der Waals surface area contributed by atoms with Gasteiger partial charge in [0.2, 0.25) is 0 Å². The highest BCUT2D eigenvalue weighted by Gasteiger charge is 2.13. The van der Waals surface area contributed by atoms with E-state index in [1.54, 1.807) is 13.8 Å². The number of carbonyl (C=O) groups is 1. The second-order valence-electron chi connectivity index (χ2n) is 6.33. The molecule has 0 fully saturated rings. The Balaban J connectivity index is 0. The van der Waals surface area contributed by atoms with Gasteiger partial charge in [-0.25, -0.2) is 4.79 Å².